The van der Waals surface area contributed by atoms with Crippen molar-refractivity contribution < 1.29 is 4.39 Å². The number of nitrogens with one attached hydrogen (secondary N) is 1. The summed E-state index contributed by atoms with van der Waals surface area (Å²) >= 11 is 1.60. The summed E-state index contributed by atoms with van der Waals surface area (Å²) in [7, 11) is 0. The maximum atomic E-state index is 13.2. The van der Waals surface area contributed by atoms with E-state index in [9.17, 15) is 4.39 Å². The molecule has 2 aromatic carbocycles. The average molecular weight is 389 g/mol. The summed E-state index contributed by atoms with van der Waals surface area (Å²) in [4.78, 5) is 12.8. The normalized spacial score (nSPS) is 14.1. The molecule has 5 rings (SSSR count). The van der Waals surface area contributed by atoms with Gasteiger partial charge < -0.3 is 9.88 Å². The van der Waals surface area contributed by atoms with Crippen molar-refractivity contribution in [2.75, 3.05) is 18.0 Å². The number of aromatic nitrogens is 2. The molecule has 0 saturated carbocycles. The first kappa shape index (κ1) is 17.3. The zero-order chi connectivity index (χ0) is 18.9. The first-order chi connectivity index (χ1) is 13.8. The van der Waals surface area contributed by atoms with E-state index in [0.29, 0.717) is 0 Å². The number of halogens is 1. The van der Waals surface area contributed by atoms with Crippen LogP contribution in [0.25, 0.3) is 22.2 Å². The molecule has 4 aromatic rings. The molecule has 3 nitrogen and oxygen atoms in total. The molecule has 28 heavy (non-hydrogen) atoms. The van der Waals surface area contributed by atoms with Crippen molar-refractivity contribution in [2.45, 2.75) is 22.6 Å². The Hall–Kier alpha value is -2.79. The van der Waals surface area contributed by atoms with E-state index in [1.807, 2.05) is 12.3 Å². The van der Waals surface area contributed by atoms with Crippen LogP contribution in [-0.4, -0.2) is 23.1 Å². The number of H-pyrrole nitrogens is 1. The maximum Gasteiger partial charge on any atom is 0.137 e. The van der Waals surface area contributed by atoms with Gasteiger partial charge in [0.05, 0.1) is 5.69 Å². The summed E-state index contributed by atoms with van der Waals surface area (Å²) in [6, 6.07) is 19.3. The number of nitrogens with zero attached hydrogens (tertiary/aromatic N) is 2. The lowest BCUT2D eigenvalue weighted by Crippen LogP contribution is -2.19. The Morgan fingerprint density at radius 2 is 1.71 bits per heavy atom. The zero-order valence-electron chi connectivity index (χ0n) is 15.4. The molecule has 0 radical (unpaired) electrons. The molecule has 1 fully saturated rings. The summed E-state index contributed by atoms with van der Waals surface area (Å²) < 4.78 is 13.2. The van der Waals surface area contributed by atoms with Crippen LogP contribution in [0.4, 0.5) is 10.2 Å². The van der Waals surface area contributed by atoms with E-state index in [2.05, 4.69) is 40.2 Å². The Kier molecular flexibility index (Phi) is 4.53. The predicted molar refractivity (Wildman–Crippen MR) is 113 cm³/mol. The number of hydrogen-bond acceptors (Lipinski definition) is 3. The quantitative estimate of drug-likeness (QED) is 0.456. The fourth-order valence-corrected chi connectivity index (χ4v) is 4.56. The van der Waals surface area contributed by atoms with Crippen LogP contribution in [-0.2, 0) is 0 Å². The summed E-state index contributed by atoms with van der Waals surface area (Å²) in [5.74, 6) is 0.818. The minimum Gasteiger partial charge on any atom is -0.356 e. The second kappa shape index (κ2) is 7.32. The molecule has 1 N–H and O–H groups in total. The minimum absolute atomic E-state index is 0.217. The van der Waals surface area contributed by atoms with Crippen molar-refractivity contribution in [3.8, 4) is 11.3 Å². The van der Waals surface area contributed by atoms with E-state index < -0.39 is 0 Å². The van der Waals surface area contributed by atoms with Gasteiger partial charge in [-0.2, -0.15) is 0 Å². The fourth-order valence-electron chi connectivity index (χ4n) is 3.73. The summed E-state index contributed by atoms with van der Waals surface area (Å²) in [5.41, 5.74) is 3.32. The highest BCUT2D eigenvalue weighted by atomic mass is 32.2. The van der Waals surface area contributed by atoms with Crippen molar-refractivity contribution in [1.82, 2.24) is 9.97 Å². The number of aromatic amines is 1. The lowest BCUT2D eigenvalue weighted by molar-refractivity contribution is 0.626. The maximum absolute atomic E-state index is 13.2. The topological polar surface area (TPSA) is 31.9 Å². The van der Waals surface area contributed by atoms with Gasteiger partial charge in [0.2, 0.25) is 0 Å². The fraction of sp³-hybridized carbons (Fsp3) is 0.174. The highest BCUT2D eigenvalue weighted by molar-refractivity contribution is 7.99. The highest BCUT2D eigenvalue weighted by Crippen LogP contribution is 2.37. The van der Waals surface area contributed by atoms with Gasteiger partial charge in [0.15, 0.2) is 0 Å². The largest absolute Gasteiger partial charge is 0.356 e. The van der Waals surface area contributed by atoms with Crippen molar-refractivity contribution in [3.63, 3.8) is 0 Å². The lowest BCUT2D eigenvalue weighted by atomic mass is 10.1. The van der Waals surface area contributed by atoms with Crippen LogP contribution >= 0.6 is 11.8 Å². The summed E-state index contributed by atoms with van der Waals surface area (Å²) in [6.07, 6.45) is 4.34. The lowest BCUT2D eigenvalue weighted by Gasteiger charge is -2.20. The smallest absolute Gasteiger partial charge is 0.137 e. The first-order valence-electron chi connectivity index (χ1n) is 9.53. The van der Waals surface area contributed by atoms with Gasteiger partial charge >= 0.3 is 0 Å². The van der Waals surface area contributed by atoms with Crippen molar-refractivity contribution >= 4 is 28.5 Å². The first-order valence-corrected chi connectivity index (χ1v) is 10.3. The van der Waals surface area contributed by atoms with Gasteiger partial charge in [0, 0.05) is 45.5 Å². The van der Waals surface area contributed by atoms with Crippen LogP contribution in [0.1, 0.15) is 12.8 Å². The van der Waals surface area contributed by atoms with E-state index in [0.717, 1.165) is 45.5 Å². The second-order valence-electron chi connectivity index (χ2n) is 7.06. The summed E-state index contributed by atoms with van der Waals surface area (Å²) in [5, 5.41) is 1.20. The molecule has 0 spiro atoms. The van der Waals surface area contributed by atoms with Crippen LogP contribution in [0.5, 0.6) is 0 Å². The molecule has 0 aliphatic carbocycles. The monoisotopic (exact) mass is 389 g/mol. The van der Waals surface area contributed by atoms with Crippen molar-refractivity contribution in [3.05, 3.63) is 72.7 Å². The standard InChI is InChI=1S/C23H20FN3S/c24-17-7-9-18(10-8-17)28-19-14-20(23(25-15-19)27-11-3-4-12-27)22-13-16-5-1-2-6-21(16)26-22/h1-2,5-10,13-15,26H,3-4,11-12H2. The highest BCUT2D eigenvalue weighted by Gasteiger charge is 2.20. The van der Waals surface area contributed by atoms with Gasteiger partial charge in [-0.3, -0.25) is 0 Å². The van der Waals surface area contributed by atoms with Crippen LogP contribution in [0, 0.1) is 5.82 Å². The van der Waals surface area contributed by atoms with E-state index in [1.165, 1.54) is 30.4 Å². The van der Waals surface area contributed by atoms with Gasteiger partial charge in [-0.15, -0.1) is 0 Å². The number of hydrogen-bond donors (Lipinski definition) is 1. The molecule has 0 unspecified atom stereocenters. The molecule has 0 amide bonds. The SMILES string of the molecule is Fc1ccc(Sc2cnc(N3CCCC3)c(-c3cc4ccccc4[nH]3)c2)cc1. The molecule has 1 saturated heterocycles. The molecule has 0 bridgehead atoms. The van der Waals surface area contributed by atoms with E-state index >= 15 is 0 Å². The van der Waals surface area contributed by atoms with Gasteiger partial charge in [-0.1, -0.05) is 30.0 Å². The van der Waals surface area contributed by atoms with E-state index in [4.69, 9.17) is 4.98 Å². The number of anilines is 1. The van der Waals surface area contributed by atoms with Gasteiger partial charge in [-0.05, 0) is 55.3 Å². The van der Waals surface area contributed by atoms with Crippen molar-refractivity contribution in [2.24, 2.45) is 0 Å². The Labute approximate surface area is 167 Å². The Morgan fingerprint density at radius 3 is 2.50 bits per heavy atom. The Morgan fingerprint density at radius 1 is 0.929 bits per heavy atom. The third-order valence-corrected chi connectivity index (χ3v) is 6.08. The molecular formula is C23H20FN3S. The van der Waals surface area contributed by atoms with Gasteiger partial charge in [-0.25, -0.2) is 9.37 Å². The predicted octanol–water partition coefficient (Wildman–Crippen LogP) is 6.12. The molecule has 2 aromatic heterocycles. The Balaban J connectivity index is 1.57. The molecule has 140 valence electrons. The van der Waals surface area contributed by atoms with Crippen molar-refractivity contribution in [1.29, 1.82) is 0 Å². The zero-order valence-corrected chi connectivity index (χ0v) is 16.2. The third kappa shape index (κ3) is 3.38. The van der Waals surface area contributed by atoms with Gasteiger partial charge in [0.1, 0.15) is 11.6 Å². The number of benzene rings is 2. The molecule has 5 heteroatoms. The van der Waals surface area contributed by atoms with Crippen LogP contribution in [0.2, 0.25) is 0 Å². The molecule has 1 aliphatic heterocycles. The molecule has 1 aliphatic rings. The number of para-hydroxylation sites is 1. The van der Waals surface area contributed by atoms with Crippen LogP contribution < -0.4 is 4.90 Å². The number of fused-ring (bicyclic) bond motifs is 1. The molecule has 0 atom stereocenters. The van der Waals surface area contributed by atoms with E-state index in [-0.39, 0.29) is 5.82 Å². The van der Waals surface area contributed by atoms with E-state index in [1.54, 1.807) is 23.9 Å². The van der Waals surface area contributed by atoms with Gasteiger partial charge in [0.25, 0.3) is 0 Å². The third-order valence-electron chi connectivity index (χ3n) is 5.12. The number of rotatable bonds is 4. The second-order valence-corrected chi connectivity index (χ2v) is 8.21. The summed E-state index contributed by atoms with van der Waals surface area (Å²) in [6.45, 7) is 2.09. The van der Waals surface area contributed by atoms with Crippen LogP contribution in [0.15, 0.2) is 76.7 Å². The Bertz CT molecular complexity index is 1080. The van der Waals surface area contributed by atoms with Crippen LogP contribution in [0.3, 0.4) is 0 Å². The molecular weight excluding hydrogens is 369 g/mol. The molecule has 3 heterocycles. The minimum atomic E-state index is -0.217. The number of pyridine rings is 1. The average Bonchev–Trinajstić information content (AvgIpc) is 3.39.